The van der Waals surface area contributed by atoms with Gasteiger partial charge in [-0.25, -0.2) is 0 Å². The lowest BCUT2D eigenvalue weighted by Gasteiger charge is -2.31. The van der Waals surface area contributed by atoms with Crippen molar-refractivity contribution in [1.29, 1.82) is 0 Å². The third-order valence-corrected chi connectivity index (χ3v) is 3.46. The zero-order valence-electron chi connectivity index (χ0n) is 11.0. The topological polar surface area (TPSA) is 17.1 Å². The number of hydrogen-bond acceptors (Lipinski definition) is 1. The van der Waals surface area contributed by atoms with Gasteiger partial charge >= 0.3 is 0 Å². The van der Waals surface area contributed by atoms with Gasteiger partial charge < -0.3 is 0 Å². The van der Waals surface area contributed by atoms with Crippen molar-refractivity contribution < 1.29 is 4.79 Å². The van der Waals surface area contributed by atoms with Crippen LogP contribution >= 0.6 is 0 Å². The summed E-state index contributed by atoms with van der Waals surface area (Å²) in [6.45, 7) is 13.1. The Morgan fingerprint density at radius 2 is 1.80 bits per heavy atom. The van der Waals surface area contributed by atoms with E-state index >= 15 is 0 Å². The molecule has 0 aliphatic heterocycles. The summed E-state index contributed by atoms with van der Waals surface area (Å²) >= 11 is 0. The van der Waals surface area contributed by atoms with Gasteiger partial charge in [0, 0.05) is 6.42 Å². The van der Waals surface area contributed by atoms with Crippen molar-refractivity contribution >= 4 is 5.78 Å². The highest BCUT2D eigenvalue weighted by Crippen LogP contribution is 2.48. The molecule has 0 saturated heterocycles. The highest BCUT2D eigenvalue weighted by molar-refractivity contribution is 5.99. The molecule has 0 saturated carbocycles. The first kappa shape index (κ1) is 12.5. The van der Waals surface area contributed by atoms with Crippen molar-refractivity contribution in [2.24, 2.45) is 17.3 Å². The molecule has 0 N–H and O–H groups in total. The number of allylic oxidation sites excluding steroid dienone is 2. The third-order valence-electron chi connectivity index (χ3n) is 3.46. The molecule has 0 spiro atoms. The highest BCUT2D eigenvalue weighted by Gasteiger charge is 2.41. The Kier molecular flexibility index (Phi) is 3.42. The van der Waals surface area contributed by atoms with Crippen LogP contribution in [0, 0.1) is 17.3 Å². The molecule has 1 atom stereocenters. The maximum Gasteiger partial charge on any atom is 0.159 e. The van der Waals surface area contributed by atoms with Gasteiger partial charge in [-0.2, -0.15) is 0 Å². The second kappa shape index (κ2) is 4.11. The summed E-state index contributed by atoms with van der Waals surface area (Å²) in [7, 11) is 0. The second-order valence-corrected chi connectivity index (χ2v) is 5.95. The largest absolute Gasteiger partial charge is 0.295 e. The maximum absolute atomic E-state index is 11.8. The Morgan fingerprint density at radius 3 is 2.20 bits per heavy atom. The summed E-state index contributed by atoms with van der Waals surface area (Å²) in [6.07, 6.45) is 1.86. The van der Waals surface area contributed by atoms with Crippen LogP contribution in [0.4, 0.5) is 0 Å². The van der Waals surface area contributed by atoms with Gasteiger partial charge in [0.05, 0.1) is 0 Å². The van der Waals surface area contributed by atoms with Crippen LogP contribution < -0.4 is 0 Å². The molecule has 0 aromatic carbocycles. The van der Waals surface area contributed by atoms with Crippen LogP contribution in [0.1, 0.15) is 54.4 Å². The van der Waals surface area contributed by atoms with Gasteiger partial charge in [-0.1, -0.05) is 40.2 Å². The first-order valence-corrected chi connectivity index (χ1v) is 6.02. The smallest absolute Gasteiger partial charge is 0.159 e. The van der Waals surface area contributed by atoms with E-state index < -0.39 is 0 Å². The Balaban J connectivity index is 3.07. The quantitative estimate of drug-likeness (QED) is 0.685. The number of hydrogen-bond donors (Lipinski definition) is 0. The van der Waals surface area contributed by atoms with E-state index in [-0.39, 0.29) is 5.41 Å². The monoisotopic (exact) mass is 208 g/mol. The minimum Gasteiger partial charge on any atom is -0.295 e. The van der Waals surface area contributed by atoms with Gasteiger partial charge in [0.15, 0.2) is 5.78 Å². The fraction of sp³-hybridized carbons (Fsp3) is 0.786. The summed E-state index contributed by atoms with van der Waals surface area (Å²) in [4.78, 5) is 11.8. The lowest BCUT2D eigenvalue weighted by molar-refractivity contribution is -0.116. The first-order valence-electron chi connectivity index (χ1n) is 6.02. The summed E-state index contributed by atoms with van der Waals surface area (Å²) in [5, 5.41) is 0. The van der Waals surface area contributed by atoms with Gasteiger partial charge in [0.2, 0.25) is 0 Å². The molecule has 0 fully saturated rings. The molecular formula is C14H24O. The van der Waals surface area contributed by atoms with Crippen LogP contribution in [0.2, 0.25) is 0 Å². The van der Waals surface area contributed by atoms with E-state index in [2.05, 4.69) is 34.6 Å². The van der Waals surface area contributed by atoms with E-state index in [1.54, 1.807) is 0 Å². The summed E-state index contributed by atoms with van der Waals surface area (Å²) in [5.74, 6) is 1.52. The molecule has 1 rings (SSSR count). The fourth-order valence-corrected chi connectivity index (χ4v) is 3.40. The fourth-order valence-electron chi connectivity index (χ4n) is 3.40. The Labute approximate surface area is 93.9 Å². The van der Waals surface area contributed by atoms with Gasteiger partial charge in [-0.3, -0.25) is 4.79 Å². The molecular weight excluding hydrogens is 184 g/mol. The number of rotatable bonds is 3. The summed E-state index contributed by atoms with van der Waals surface area (Å²) in [6, 6.07) is 0. The molecule has 0 aromatic heterocycles. The van der Waals surface area contributed by atoms with Crippen LogP contribution in [0.25, 0.3) is 0 Å². The van der Waals surface area contributed by atoms with Gasteiger partial charge in [-0.05, 0) is 36.2 Å². The standard InChI is InChI=1S/C14H24O/c1-9(2)7-14(6)8-12(15)11(5)13(14)10(3)4/h9-10H,7-8H2,1-6H3. The third kappa shape index (κ3) is 2.32. The Hall–Kier alpha value is -0.590. The Bertz CT molecular complexity index is 296. The highest BCUT2D eigenvalue weighted by atomic mass is 16.1. The zero-order chi connectivity index (χ0) is 11.8. The van der Waals surface area contributed by atoms with Crippen molar-refractivity contribution in [3.8, 4) is 0 Å². The minimum atomic E-state index is 0.128. The summed E-state index contributed by atoms with van der Waals surface area (Å²) < 4.78 is 0. The summed E-state index contributed by atoms with van der Waals surface area (Å²) in [5.41, 5.74) is 2.57. The van der Waals surface area contributed by atoms with Crippen LogP contribution in [0.3, 0.4) is 0 Å². The predicted molar refractivity (Wildman–Crippen MR) is 64.7 cm³/mol. The molecule has 15 heavy (non-hydrogen) atoms. The maximum atomic E-state index is 11.8. The molecule has 1 heteroatoms. The SMILES string of the molecule is CC1=C(C(C)C)C(C)(CC(C)C)CC1=O. The van der Waals surface area contributed by atoms with Crippen molar-refractivity contribution in [3.05, 3.63) is 11.1 Å². The molecule has 1 unspecified atom stereocenters. The normalized spacial score (nSPS) is 27.3. The second-order valence-electron chi connectivity index (χ2n) is 5.95. The van der Waals surface area contributed by atoms with E-state index in [1.807, 2.05) is 6.92 Å². The van der Waals surface area contributed by atoms with Crippen molar-refractivity contribution in [2.75, 3.05) is 0 Å². The van der Waals surface area contributed by atoms with Crippen molar-refractivity contribution in [3.63, 3.8) is 0 Å². The molecule has 0 heterocycles. The lowest BCUT2D eigenvalue weighted by Crippen LogP contribution is -2.22. The molecule has 1 nitrogen and oxygen atoms in total. The molecule has 1 aliphatic rings. The van der Waals surface area contributed by atoms with Crippen LogP contribution in [-0.2, 0) is 4.79 Å². The number of ketones is 1. The molecule has 0 amide bonds. The first-order chi connectivity index (χ1) is 6.78. The van der Waals surface area contributed by atoms with E-state index in [0.717, 1.165) is 18.4 Å². The number of carbonyl (C=O) groups excluding carboxylic acids is 1. The van der Waals surface area contributed by atoms with E-state index in [4.69, 9.17) is 0 Å². The van der Waals surface area contributed by atoms with Crippen molar-refractivity contribution in [2.45, 2.75) is 54.4 Å². The Morgan fingerprint density at radius 1 is 1.27 bits per heavy atom. The van der Waals surface area contributed by atoms with Gasteiger partial charge in [0.1, 0.15) is 0 Å². The average Bonchev–Trinajstić information content (AvgIpc) is 2.20. The minimum absolute atomic E-state index is 0.128. The molecule has 0 radical (unpaired) electrons. The molecule has 1 aliphatic carbocycles. The predicted octanol–water partition coefficient (Wildman–Crippen LogP) is 3.98. The lowest BCUT2D eigenvalue weighted by atomic mass is 9.72. The molecule has 0 bridgehead atoms. The number of Topliss-reactive ketones (excluding diaryl/α,β-unsaturated/α-hetero) is 1. The van der Waals surface area contributed by atoms with Gasteiger partial charge in [-0.15, -0.1) is 0 Å². The van der Waals surface area contributed by atoms with E-state index in [1.165, 1.54) is 5.57 Å². The molecule has 0 aromatic rings. The number of carbonyl (C=O) groups is 1. The van der Waals surface area contributed by atoms with Crippen LogP contribution in [0.15, 0.2) is 11.1 Å². The van der Waals surface area contributed by atoms with Crippen molar-refractivity contribution in [1.82, 2.24) is 0 Å². The van der Waals surface area contributed by atoms with E-state index in [9.17, 15) is 4.79 Å². The van der Waals surface area contributed by atoms with Crippen LogP contribution in [-0.4, -0.2) is 5.78 Å². The zero-order valence-corrected chi connectivity index (χ0v) is 11.0. The average molecular weight is 208 g/mol. The van der Waals surface area contributed by atoms with Crippen LogP contribution in [0.5, 0.6) is 0 Å². The van der Waals surface area contributed by atoms with E-state index in [0.29, 0.717) is 17.6 Å². The molecule has 86 valence electrons. The van der Waals surface area contributed by atoms with Gasteiger partial charge in [0.25, 0.3) is 0 Å².